The molecule has 0 saturated heterocycles. The molecular formula is C32H31NOS. The Balaban J connectivity index is 1.68. The normalized spacial score (nSPS) is 12.7. The summed E-state index contributed by atoms with van der Waals surface area (Å²) in [6.07, 6.45) is 2.99. The highest BCUT2D eigenvalue weighted by Crippen LogP contribution is 2.43. The van der Waals surface area contributed by atoms with Crippen molar-refractivity contribution < 1.29 is 4.42 Å². The Kier molecular flexibility index (Phi) is 5.05. The third-order valence-corrected chi connectivity index (χ3v) is 8.18. The Labute approximate surface area is 210 Å². The van der Waals surface area contributed by atoms with E-state index < -0.39 is 0 Å². The highest BCUT2D eigenvalue weighted by atomic mass is 32.1. The van der Waals surface area contributed by atoms with Crippen molar-refractivity contribution in [3.8, 4) is 11.3 Å². The Morgan fingerprint density at radius 2 is 1.69 bits per heavy atom. The maximum atomic E-state index is 6.77. The quantitative estimate of drug-likeness (QED) is 0.253. The number of nitrogens with zero attached hydrogens (tertiary/aromatic N) is 1. The second kappa shape index (κ2) is 7.93. The van der Waals surface area contributed by atoms with Crippen LogP contribution < -0.4 is 0 Å². The molecule has 0 radical (unpaired) electrons. The van der Waals surface area contributed by atoms with Gasteiger partial charge in [0.25, 0.3) is 0 Å². The van der Waals surface area contributed by atoms with Crippen molar-refractivity contribution in [1.82, 2.24) is 4.98 Å². The van der Waals surface area contributed by atoms with E-state index >= 15 is 0 Å². The highest BCUT2D eigenvalue weighted by Gasteiger charge is 2.22. The van der Waals surface area contributed by atoms with Gasteiger partial charge in [-0.3, -0.25) is 4.98 Å². The second-order valence-corrected chi connectivity index (χ2v) is 12.4. The lowest BCUT2D eigenvalue weighted by molar-refractivity contribution is 0.596. The van der Waals surface area contributed by atoms with Gasteiger partial charge in [-0.15, -0.1) is 11.3 Å². The van der Waals surface area contributed by atoms with E-state index in [0.29, 0.717) is 5.92 Å². The van der Waals surface area contributed by atoms with E-state index in [1.165, 1.54) is 42.2 Å². The predicted molar refractivity (Wildman–Crippen MR) is 152 cm³/mol. The van der Waals surface area contributed by atoms with E-state index in [4.69, 9.17) is 9.40 Å². The zero-order chi connectivity index (χ0) is 24.5. The summed E-state index contributed by atoms with van der Waals surface area (Å²) >= 11 is 1.88. The molecule has 6 rings (SSSR count). The van der Waals surface area contributed by atoms with Gasteiger partial charge in [0.15, 0.2) is 5.58 Å². The zero-order valence-electron chi connectivity index (χ0n) is 21.3. The van der Waals surface area contributed by atoms with Gasteiger partial charge in [0.1, 0.15) is 11.3 Å². The van der Waals surface area contributed by atoms with Crippen LogP contribution in [0.1, 0.15) is 50.6 Å². The van der Waals surface area contributed by atoms with E-state index in [2.05, 4.69) is 96.1 Å². The number of furan rings is 1. The molecule has 3 aromatic heterocycles. The van der Waals surface area contributed by atoms with Crippen molar-refractivity contribution in [2.75, 3.05) is 0 Å². The minimum atomic E-state index is 0.0174. The smallest absolute Gasteiger partial charge is 0.161 e. The van der Waals surface area contributed by atoms with E-state index in [9.17, 15) is 0 Å². The van der Waals surface area contributed by atoms with Crippen LogP contribution in [0.25, 0.3) is 54.1 Å². The third kappa shape index (κ3) is 3.56. The molecule has 3 aromatic carbocycles. The number of hydrogen-bond donors (Lipinski definition) is 0. The Morgan fingerprint density at radius 3 is 2.46 bits per heavy atom. The molecule has 0 aliphatic rings. The third-order valence-electron chi connectivity index (χ3n) is 7.06. The van der Waals surface area contributed by atoms with Crippen LogP contribution >= 0.6 is 11.3 Å². The molecule has 176 valence electrons. The number of rotatable bonds is 3. The van der Waals surface area contributed by atoms with E-state index in [0.717, 1.165) is 34.2 Å². The lowest BCUT2D eigenvalue weighted by Gasteiger charge is -2.22. The molecule has 0 unspecified atom stereocenters. The number of fused-ring (bicyclic) bond motifs is 6. The lowest BCUT2D eigenvalue weighted by Crippen LogP contribution is -2.12. The molecule has 0 saturated carbocycles. The van der Waals surface area contributed by atoms with Gasteiger partial charge in [-0.1, -0.05) is 58.9 Å². The first-order chi connectivity index (χ1) is 16.7. The average Bonchev–Trinajstić information content (AvgIpc) is 3.34. The van der Waals surface area contributed by atoms with Crippen LogP contribution in [0, 0.1) is 12.8 Å². The van der Waals surface area contributed by atoms with Gasteiger partial charge in [0.2, 0.25) is 0 Å². The van der Waals surface area contributed by atoms with Gasteiger partial charge in [0.05, 0.1) is 0 Å². The van der Waals surface area contributed by atoms with Crippen LogP contribution in [0.4, 0.5) is 0 Å². The van der Waals surface area contributed by atoms with E-state index in [-0.39, 0.29) is 5.41 Å². The van der Waals surface area contributed by atoms with Crippen LogP contribution in [0.5, 0.6) is 0 Å². The van der Waals surface area contributed by atoms with Crippen molar-refractivity contribution in [3.05, 3.63) is 76.8 Å². The van der Waals surface area contributed by atoms with Gasteiger partial charge in [-0.05, 0) is 76.9 Å². The van der Waals surface area contributed by atoms with Gasteiger partial charge in [0, 0.05) is 37.5 Å². The van der Waals surface area contributed by atoms with Crippen LogP contribution in [0.3, 0.4) is 0 Å². The number of thiophene rings is 1. The summed E-state index contributed by atoms with van der Waals surface area (Å²) in [5.41, 5.74) is 6.69. The van der Waals surface area contributed by atoms with Crippen LogP contribution in [0.15, 0.2) is 65.2 Å². The van der Waals surface area contributed by atoms with E-state index in [1.807, 2.05) is 17.5 Å². The minimum absolute atomic E-state index is 0.0174. The molecule has 3 heterocycles. The Hall–Kier alpha value is -3.17. The Bertz CT molecular complexity index is 1740. The first-order valence-electron chi connectivity index (χ1n) is 12.5. The van der Waals surface area contributed by atoms with Crippen LogP contribution in [-0.4, -0.2) is 4.98 Å². The summed E-state index contributed by atoms with van der Waals surface area (Å²) in [6.45, 7) is 13.7. The highest BCUT2D eigenvalue weighted by molar-refractivity contribution is 7.19. The molecule has 0 aliphatic heterocycles. The maximum Gasteiger partial charge on any atom is 0.161 e. The minimum Gasteiger partial charge on any atom is -0.453 e. The maximum absolute atomic E-state index is 6.77. The number of benzene rings is 3. The second-order valence-electron chi connectivity index (χ2n) is 11.2. The summed E-state index contributed by atoms with van der Waals surface area (Å²) in [5, 5.41) is 6.14. The van der Waals surface area contributed by atoms with Crippen molar-refractivity contribution in [3.63, 3.8) is 0 Å². The molecular weight excluding hydrogens is 446 g/mol. The molecule has 0 atom stereocenters. The number of aryl methyl sites for hydroxylation is 1. The summed E-state index contributed by atoms with van der Waals surface area (Å²) in [5.74, 6) is 0.594. The molecule has 6 aromatic rings. The summed E-state index contributed by atoms with van der Waals surface area (Å²) in [6, 6.07) is 19.8. The SMILES string of the molecule is Cc1sc2ccc3c4ccnc(-c5cc(C(C)(C)C)c6ccccc6c5)c4oc3c2c1CC(C)C. The fourth-order valence-corrected chi connectivity index (χ4v) is 6.54. The zero-order valence-corrected chi connectivity index (χ0v) is 22.1. The first-order valence-corrected chi connectivity index (χ1v) is 13.3. The van der Waals surface area contributed by atoms with Gasteiger partial charge < -0.3 is 4.42 Å². The monoisotopic (exact) mass is 477 g/mol. The van der Waals surface area contributed by atoms with E-state index in [1.54, 1.807) is 0 Å². The van der Waals surface area contributed by atoms with Crippen molar-refractivity contribution >= 4 is 54.1 Å². The molecule has 0 fully saturated rings. The fourth-order valence-electron chi connectivity index (χ4n) is 5.45. The summed E-state index contributed by atoms with van der Waals surface area (Å²) in [4.78, 5) is 6.26. The molecule has 3 heteroatoms. The molecule has 0 N–H and O–H groups in total. The van der Waals surface area contributed by atoms with Gasteiger partial charge in [-0.25, -0.2) is 0 Å². The molecule has 0 spiro atoms. The molecule has 35 heavy (non-hydrogen) atoms. The fraction of sp³-hybridized carbons (Fsp3) is 0.281. The molecule has 0 aliphatic carbocycles. The molecule has 0 amide bonds. The van der Waals surface area contributed by atoms with Crippen LogP contribution in [-0.2, 0) is 11.8 Å². The summed E-state index contributed by atoms with van der Waals surface area (Å²) < 4.78 is 8.07. The average molecular weight is 478 g/mol. The lowest BCUT2D eigenvalue weighted by atomic mass is 9.82. The topological polar surface area (TPSA) is 26.0 Å². The van der Waals surface area contributed by atoms with Crippen LogP contribution in [0.2, 0.25) is 0 Å². The largest absolute Gasteiger partial charge is 0.453 e. The first kappa shape index (κ1) is 22.3. The summed E-state index contributed by atoms with van der Waals surface area (Å²) in [7, 11) is 0. The van der Waals surface area contributed by atoms with Gasteiger partial charge >= 0.3 is 0 Å². The number of hydrogen-bond acceptors (Lipinski definition) is 3. The van der Waals surface area contributed by atoms with Crippen molar-refractivity contribution in [1.29, 1.82) is 0 Å². The van der Waals surface area contributed by atoms with Crippen molar-refractivity contribution in [2.24, 2.45) is 5.92 Å². The number of pyridine rings is 1. The van der Waals surface area contributed by atoms with Crippen molar-refractivity contribution in [2.45, 2.75) is 53.4 Å². The number of aromatic nitrogens is 1. The van der Waals surface area contributed by atoms with Gasteiger partial charge in [-0.2, -0.15) is 0 Å². The Morgan fingerprint density at radius 1 is 0.914 bits per heavy atom. The predicted octanol–water partition coefficient (Wildman–Crippen LogP) is 9.82. The molecule has 0 bridgehead atoms. The molecule has 2 nitrogen and oxygen atoms in total. The standard InChI is InChI=1S/C32H31NOS/c1-18(2)15-25-19(3)35-27-12-11-23-24-13-14-33-29(31(24)34-30(23)28(25)27)21-16-20-9-7-8-10-22(20)26(17-21)32(4,5)6/h7-14,16-18H,15H2,1-6H3.